The third kappa shape index (κ3) is 5.29. The molecule has 0 aromatic heterocycles. The van der Waals surface area contributed by atoms with Crippen molar-refractivity contribution in [3.05, 3.63) is 164 Å². The summed E-state index contributed by atoms with van der Waals surface area (Å²) in [5, 5.41) is 26.6. The zero-order valence-corrected chi connectivity index (χ0v) is 22.4. The molecule has 0 aliphatic heterocycles. The lowest BCUT2D eigenvalue weighted by molar-refractivity contribution is -0.385. The van der Waals surface area contributed by atoms with E-state index in [0.29, 0.717) is 0 Å². The lowest BCUT2D eigenvalue weighted by Gasteiger charge is -2.17. The molecule has 0 fully saturated rings. The van der Waals surface area contributed by atoms with E-state index in [4.69, 9.17) is 0 Å². The third-order valence-corrected chi connectivity index (χ3v) is 7.29. The van der Waals surface area contributed by atoms with Gasteiger partial charge >= 0.3 is 0 Å². The number of nitro benzene ring substituents is 2. The van der Waals surface area contributed by atoms with Gasteiger partial charge in [0.2, 0.25) is 0 Å². The highest BCUT2D eigenvalue weighted by atomic mass is 16.6. The minimum absolute atomic E-state index is 0.0544. The van der Waals surface area contributed by atoms with Gasteiger partial charge in [-0.25, -0.2) is 0 Å². The molecule has 6 aromatic carbocycles. The van der Waals surface area contributed by atoms with Crippen LogP contribution >= 0.6 is 0 Å². The van der Waals surface area contributed by atoms with Gasteiger partial charge in [-0.2, -0.15) is 0 Å². The number of nitro groups is 2. The van der Waals surface area contributed by atoms with Crippen molar-refractivity contribution in [3.63, 3.8) is 0 Å². The summed E-state index contributed by atoms with van der Waals surface area (Å²) in [5.74, 6) is 0. The second-order valence-corrected chi connectivity index (χ2v) is 9.87. The summed E-state index contributed by atoms with van der Waals surface area (Å²) >= 11 is 0. The fraction of sp³-hybridized carbons (Fsp3) is 0. The van der Waals surface area contributed by atoms with Crippen molar-refractivity contribution in [2.45, 2.75) is 0 Å². The second-order valence-electron chi connectivity index (χ2n) is 9.87. The third-order valence-electron chi connectivity index (χ3n) is 7.29. The number of fused-ring (bicyclic) bond motifs is 2. The van der Waals surface area contributed by atoms with E-state index in [1.165, 1.54) is 24.3 Å². The normalized spacial score (nSPS) is 11.5. The molecule has 202 valence electrons. The molecule has 0 atom stereocenters. The Balaban J connectivity index is 1.54. The van der Waals surface area contributed by atoms with E-state index in [2.05, 4.69) is 60.7 Å². The molecule has 0 amide bonds. The van der Waals surface area contributed by atoms with Gasteiger partial charge < -0.3 is 0 Å². The van der Waals surface area contributed by atoms with Gasteiger partial charge in [0.1, 0.15) is 0 Å². The van der Waals surface area contributed by atoms with E-state index in [0.717, 1.165) is 54.9 Å². The van der Waals surface area contributed by atoms with Crippen LogP contribution in [0.3, 0.4) is 0 Å². The fourth-order valence-electron chi connectivity index (χ4n) is 5.20. The molecular formula is C36H24N2O4. The van der Waals surface area contributed by atoms with E-state index < -0.39 is 9.85 Å². The predicted octanol–water partition coefficient (Wildman–Crippen LogP) is 9.82. The Morgan fingerprint density at radius 3 is 1.19 bits per heavy atom. The van der Waals surface area contributed by atoms with Crippen LogP contribution in [0.1, 0.15) is 22.3 Å². The Labute approximate surface area is 241 Å². The Hall–Kier alpha value is -5.88. The SMILES string of the molecule is O=[N+]([O-])c1ccc(/C=C/c2ccc3ccccc3c2-c2c(/C=C/c3ccc([N+](=O)[O-])cc3)ccc3ccccc23)cc1. The largest absolute Gasteiger partial charge is 0.269 e. The second kappa shape index (κ2) is 11.3. The lowest BCUT2D eigenvalue weighted by Crippen LogP contribution is -1.92. The number of hydrogen-bond donors (Lipinski definition) is 0. The van der Waals surface area contributed by atoms with E-state index in [9.17, 15) is 20.2 Å². The smallest absolute Gasteiger partial charge is 0.258 e. The molecule has 0 aliphatic carbocycles. The van der Waals surface area contributed by atoms with Crippen molar-refractivity contribution in [3.8, 4) is 11.1 Å². The Morgan fingerprint density at radius 1 is 0.429 bits per heavy atom. The topological polar surface area (TPSA) is 86.3 Å². The van der Waals surface area contributed by atoms with Crippen LogP contribution in [0.25, 0.3) is 57.0 Å². The maximum Gasteiger partial charge on any atom is 0.269 e. The molecule has 0 unspecified atom stereocenters. The molecule has 0 saturated carbocycles. The van der Waals surface area contributed by atoms with Crippen molar-refractivity contribution in [2.75, 3.05) is 0 Å². The van der Waals surface area contributed by atoms with Crippen LogP contribution in [-0.2, 0) is 0 Å². The molecule has 0 aliphatic rings. The van der Waals surface area contributed by atoms with Crippen LogP contribution in [0.5, 0.6) is 0 Å². The van der Waals surface area contributed by atoms with Gasteiger partial charge in [0.25, 0.3) is 11.4 Å². The summed E-state index contributed by atoms with van der Waals surface area (Å²) in [7, 11) is 0. The molecule has 0 heterocycles. The molecule has 6 nitrogen and oxygen atoms in total. The standard InChI is InChI=1S/C36H24N2O4/c39-37(40)31-21-11-25(12-22-31)9-15-29-19-17-27-5-1-3-7-33(27)35(29)36-30(20-18-28-6-2-4-8-34(28)36)16-10-26-13-23-32(24-14-26)38(41)42/h1-24H/b15-9+,16-10+. The average molecular weight is 549 g/mol. The molecule has 6 aromatic rings. The molecule has 0 spiro atoms. The molecule has 0 radical (unpaired) electrons. The average Bonchev–Trinajstić information content (AvgIpc) is 3.02. The van der Waals surface area contributed by atoms with Crippen molar-refractivity contribution in [1.82, 2.24) is 0 Å². The summed E-state index contributed by atoms with van der Waals surface area (Å²) in [6.45, 7) is 0. The first-order valence-electron chi connectivity index (χ1n) is 13.4. The van der Waals surface area contributed by atoms with E-state index in [-0.39, 0.29) is 11.4 Å². The highest BCUT2D eigenvalue weighted by Crippen LogP contribution is 2.40. The maximum absolute atomic E-state index is 11.1. The number of nitrogens with zero attached hydrogens (tertiary/aromatic N) is 2. The van der Waals surface area contributed by atoms with Crippen molar-refractivity contribution in [1.29, 1.82) is 0 Å². The van der Waals surface area contributed by atoms with Gasteiger partial charge in [-0.1, -0.05) is 97.1 Å². The van der Waals surface area contributed by atoms with Crippen LogP contribution in [0, 0.1) is 20.2 Å². The first-order valence-corrected chi connectivity index (χ1v) is 13.4. The summed E-state index contributed by atoms with van der Waals surface area (Å²) < 4.78 is 0. The fourth-order valence-corrected chi connectivity index (χ4v) is 5.20. The monoisotopic (exact) mass is 548 g/mol. The summed E-state index contributed by atoms with van der Waals surface area (Å²) in [5.41, 5.74) is 5.99. The summed E-state index contributed by atoms with van der Waals surface area (Å²) in [6.07, 6.45) is 8.03. The van der Waals surface area contributed by atoms with Gasteiger partial charge in [0.05, 0.1) is 9.85 Å². The highest BCUT2D eigenvalue weighted by Gasteiger charge is 2.15. The van der Waals surface area contributed by atoms with Crippen LogP contribution in [0.2, 0.25) is 0 Å². The molecule has 0 bridgehead atoms. The van der Waals surface area contributed by atoms with Crippen molar-refractivity contribution < 1.29 is 9.85 Å². The number of non-ortho nitro benzene ring substituents is 2. The minimum atomic E-state index is -0.402. The molecular weight excluding hydrogens is 524 g/mol. The molecule has 0 N–H and O–H groups in total. The Bertz CT molecular complexity index is 1880. The van der Waals surface area contributed by atoms with E-state index >= 15 is 0 Å². The zero-order chi connectivity index (χ0) is 29.1. The lowest BCUT2D eigenvalue weighted by atomic mass is 9.86. The molecule has 0 saturated heterocycles. The zero-order valence-electron chi connectivity index (χ0n) is 22.4. The Morgan fingerprint density at radius 2 is 0.810 bits per heavy atom. The number of benzene rings is 6. The van der Waals surface area contributed by atoms with Gasteiger partial charge in [-0.15, -0.1) is 0 Å². The van der Waals surface area contributed by atoms with Crippen LogP contribution < -0.4 is 0 Å². The van der Waals surface area contributed by atoms with E-state index in [1.54, 1.807) is 24.3 Å². The van der Waals surface area contributed by atoms with Gasteiger partial charge in [-0.05, 0) is 79.2 Å². The van der Waals surface area contributed by atoms with E-state index in [1.807, 2.05) is 36.4 Å². The molecule has 6 rings (SSSR count). The van der Waals surface area contributed by atoms with Crippen LogP contribution in [0.4, 0.5) is 11.4 Å². The van der Waals surface area contributed by atoms with Crippen molar-refractivity contribution in [2.24, 2.45) is 0 Å². The number of rotatable bonds is 7. The van der Waals surface area contributed by atoms with Gasteiger partial charge in [-0.3, -0.25) is 20.2 Å². The Kier molecular flexibility index (Phi) is 7.10. The van der Waals surface area contributed by atoms with Crippen LogP contribution in [0.15, 0.2) is 121 Å². The maximum atomic E-state index is 11.1. The molecule has 42 heavy (non-hydrogen) atoms. The van der Waals surface area contributed by atoms with Crippen molar-refractivity contribution >= 4 is 57.2 Å². The summed E-state index contributed by atoms with van der Waals surface area (Å²) in [4.78, 5) is 21.4. The number of hydrogen-bond acceptors (Lipinski definition) is 4. The van der Waals surface area contributed by atoms with Gasteiger partial charge in [0.15, 0.2) is 0 Å². The minimum Gasteiger partial charge on any atom is -0.258 e. The van der Waals surface area contributed by atoms with Crippen LogP contribution in [-0.4, -0.2) is 9.85 Å². The predicted molar refractivity (Wildman–Crippen MR) is 171 cm³/mol. The summed E-state index contributed by atoms with van der Waals surface area (Å²) in [6, 6.07) is 38.0. The first kappa shape index (κ1) is 26.3. The molecule has 6 heteroatoms. The highest BCUT2D eigenvalue weighted by molar-refractivity contribution is 6.11. The van der Waals surface area contributed by atoms with Gasteiger partial charge in [0, 0.05) is 24.3 Å². The quantitative estimate of drug-likeness (QED) is 0.113. The first-order chi connectivity index (χ1) is 20.5.